The molecule has 5 nitrogen and oxygen atoms in total. The van der Waals surface area contributed by atoms with Crippen molar-refractivity contribution in [2.75, 3.05) is 4.72 Å². The summed E-state index contributed by atoms with van der Waals surface area (Å²) in [6.07, 6.45) is 1.63. The molecule has 2 aromatic heterocycles. The van der Waals surface area contributed by atoms with Crippen LogP contribution >= 0.6 is 22.7 Å². The summed E-state index contributed by atoms with van der Waals surface area (Å²) in [5.74, 6) is 0. The van der Waals surface area contributed by atoms with Gasteiger partial charge in [-0.05, 0) is 25.5 Å². The second kappa shape index (κ2) is 4.96. The summed E-state index contributed by atoms with van der Waals surface area (Å²) in [6, 6.07) is 1.63. The highest BCUT2D eigenvalue weighted by atomic mass is 32.2. The number of anilines is 1. The largest absolute Gasteiger partial charge is 0.326 e. The number of aromatic nitrogens is 1. The van der Waals surface area contributed by atoms with Crippen LogP contribution in [0.5, 0.6) is 0 Å². The molecule has 0 aliphatic rings. The van der Waals surface area contributed by atoms with Crippen LogP contribution in [0, 0.1) is 13.8 Å². The number of hydrogen-bond donors (Lipinski definition) is 2. The van der Waals surface area contributed by atoms with Gasteiger partial charge in [-0.3, -0.25) is 4.72 Å². The standard InChI is InChI=1S/C10H13N3O2S3/c1-6-3-9(17-8(6)4-11)18(14,15)13-10-12-5-7(2)16-10/h3,5H,4,11H2,1-2H3,(H,12,13). The van der Waals surface area contributed by atoms with Crippen molar-refractivity contribution in [3.05, 3.63) is 27.6 Å². The van der Waals surface area contributed by atoms with Gasteiger partial charge in [-0.1, -0.05) is 0 Å². The van der Waals surface area contributed by atoms with Crippen molar-refractivity contribution < 1.29 is 8.42 Å². The first-order valence-electron chi connectivity index (χ1n) is 5.17. The van der Waals surface area contributed by atoms with Crippen molar-refractivity contribution in [3.8, 4) is 0 Å². The quantitative estimate of drug-likeness (QED) is 0.905. The van der Waals surface area contributed by atoms with E-state index in [0.29, 0.717) is 11.7 Å². The Labute approximate surface area is 114 Å². The van der Waals surface area contributed by atoms with Gasteiger partial charge >= 0.3 is 0 Å². The van der Waals surface area contributed by atoms with Gasteiger partial charge in [0.1, 0.15) is 4.21 Å². The average molecular weight is 303 g/mol. The van der Waals surface area contributed by atoms with Crippen LogP contribution in [-0.2, 0) is 16.6 Å². The van der Waals surface area contributed by atoms with Crippen LogP contribution < -0.4 is 10.5 Å². The zero-order valence-corrected chi connectivity index (χ0v) is 12.4. The molecule has 0 unspecified atom stereocenters. The Morgan fingerprint density at radius 2 is 2.11 bits per heavy atom. The predicted octanol–water partition coefficient (Wildman–Crippen LogP) is 2.08. The van der Waals surface area contributed by atoms with Crippen LogP contribution in [0.3, 0.4) is 0 Å². The SMILES string of the molecule is Cc1cnc(NS(=O)(=O)c2cc(C)c(CN)s2)s1. The highest BCUT2D eigenvalue weighted by molar-refractivity contribution is 7.94. The number of nitrogens with one attached hydrogen (secondary N) is 1. The molecule has 2 aromatic rings. The van der Waals surface area contributed by atoms with Crippen LogP contribution in [0.2, 0.25) is 0 Å². The van der Waals surface area contributed by atoms with E-state index in [1.54, 1.807) is 12.3 Å². The van der Waals surface area contributed by atoms with Crippen molar-refractivity contribution in [1.82, 2.24) is 4.98 Å². The maximum absolute atomic E-state index is 12.1. The number of rotatable bonds is 4. The minimum atomic E-state index is -3.55. The van der Waals surface area contributed by atoms with Gasteiger partial charge < -0.3 is 5.73 Å². The van der Waals surface area contributed by atoms with E-state index < -0.39 is 10.0 Å². The van der Waals surface area contributed by atoms with Crippen molar-refractivity contribution >= 4 is 37.8 Å². The summed E-state index contributed by atoms with van der Waals surface area (Å²) < 4.78 is 27.0. The number of thiazole rings is 1. The second-order valence-corrected chi connectivity index (χ2v) is 8.04. The van der Waals surface area contributed by atoms with Gasteiger partial charge in [0.25, 0.3) is 10.0 Å². The summed E-state index contributed by atoms with van der Waals surface area (Å²) in [5, 5.41) is 0.382. The molecule has 0 aliphatic carbocycles. The molecule has 0 aromatic carbocycles. The van der Waals surface area contributed by atoms with Gasteiger partial charge in [-0.2, -0.15) is 0 Å². The summed E-state index contributed by atoms with van der Waals surface area (Å²) in [5.41, 5.74) is 6.45. The Morgan fingerprint density at radius 3 is 2.61 bits per heavy atom. The van der Waals surface area contributed by atoms with E-state index in [0.717, 1.165) is 15.3 Å². The molecule has 98 valence electrons. The van der Waals surface area contributed by atoms with E-state index in [1.165, 1.54) is 22.7 Å². The van der Waals surface area contributed by atoms with Crippen LogP contribution in [0.25, 0.3) is 0 Å². The van der Waals surface area contributed by atoms with Crippen molar-refractivity contribution in [1.29, 1.82) is 0 Å². The third-order valence-electron chi connectivity index (χ3n) is 2.29. The molecule has 0 fully saturated rings. The Bertz CT molecular complexity index is 658. The first kappa shape index (κ1) is 13.5. The number of nitrogens with two attached hydrogens (primary N) is 1. The lowest BCUT2D eigenvalue weighted by molar-refractivity contribution is 0.603. The Kier molecular flexibility index (Phi) is 3.71. The molecule has 0 amide bonds. The Morgan fingerprint density at radius 1 is 1.39 bits per heavy atom. The maximum Gasteiger partial charge on any atom is 0.273 e. The number of thiophene rings is 1. The molecular weight excluding hydrogens is 290 g/mol. The van der Waals surface area contributed by atoms with E-state index in [9.17, 15) is 8.42 Å². The summed E-state index contributed by atoms with van der Waals surface area (Å²) in [7, 11) is -3.55. The third-order valence-corrected chi connectivity index (χ3v) is 6.32. The number of sulfonamides is 1. The molecule has 8 heteroatoms. The maximum atomic E-state index is 12.1. The molecule has 0 radical (unpaired) electrons. The fourth-order valence-corrected chi connectivity index (χ4v) is 4.76. The van der Waals surface area contributed by atoms with Gasteiger partial charge in [0, 0.05) is 22.5 Å². The van der Waals surface area contributed by atoms with E-state index in [4.69, 9.17) is 5.73 Å². The molecule has 0 saturated carbocycles. The van der Waals surface area contributed by atoms with Crippen LogP contribution in [0.1, 0.15) is 15.3 Å². The predicted molar refractivity (Wildman–Crippen MR) is 74.6 cm³/mol. The van der Waals surface area contributed by atoms with E-state index in [2.05, 4.69) is 9.71 Å². The van der Waals surface area contributed by atoms with E-state index in [1.807, 2.05) is 13.8 Å². The zero-order valence-electron chi connectivity index (χ0n) is 9.93. The lowest BCUT2D eigenvalue weighted by Crippen LogP contribution is -2.11. The lowest BCUT2D eigenvalue weighted by Gasteiger charge is -2.01. The topological polar surface area (TPSA) is 85.1 Å². The molecule has 0 saturated heterocycles. The molecule has 3 N–H and O–H groups in total. The van der Waals surface area contributed by atoms with Gasteiger partial charge in [0.05, 0.1) is 0 Å². The number of aryl methyl sites for hydroxylation is 2. The molecule has 0 spiro atoms. The molecule has 0 bridgehead atoms. The average Bonchev–Trinajstić information content (AvgIpc) is 2.84. The fourth-order valence-electron chi connectivity index (χ4n) is 1.39. The van der Waals surface area contributed by atoms with Crippen molar-refractivity contribution in [2.24, 2.45) is 5.73 Å². The normalized spacial score (nSPS) is 11.7. The highest BCUT2D eigenvalue weighted by Crippen LogP contribution is 2.28. The molecule has 2 rings (SSSR count). The van der Waals surface area contributed by atoms with E-state index in [-0.39, 0.29) is 4.21 Å². The van der Waals surface area contributed by atoms with E-state index >= 15 is 0 Å². The fraction of sp³-hybridized carbons (Fsp3) is 0.300. The first-order valence-corrected chi connectivity index (χ1v) is 8.28. The van der Waals surface area contributed by atoms with Crippen LogP contribution in [0.15, 0.2) is 16.5 Å². The molecule has 0 atom stereocenters. The van der Waals surface area contributed by atoms with Gasteiger partial charge in [-0.15, -0.1) is 22.7 Å². The van der Waals surface area contributed by atoms with Crippen molar-refractivity contribution in [2.45, 2.75) is 24.6 Å². The third kappa shape index (κ3) is 2.72. The zero-order chi connectivity index (χ0) is 13.3. The van der Waals surface area contributed by atoms with Gasteiger partial charge in [0.15, 0.2) is 5.13 Å². The molecule has 0 aliphatic heterocycles. The molecular formula is C10H13N3O2S3. The lowest BCUT2D eigenvalue weighted by atomic mass is 10.3. The van der Waals surface area contributed by atoms with Gasteiger partial charge in [-0.25, -0.2) is 13.4 Å². The minimum Gasteiger partial charge on any atom is -0.326 e. The number of hydrogen-bond acceptors (Lipinski definition) is 6. The second-order valence-electron chi connectivity index (χ2n) is 3.76. The molecule has 18 heavy (non-hydrogen) atoms. The highest BCUT2D eigenvalue weighted by Gasteiger charge is 2.19. The Balaban J connectivity index is 2.30. The smallest absolute Gasteiger partial charge is 0.273 e. The minimum absolute atomic E-state index is 0.272. The van der Waals surface area contributed by atoms with Crippen LogP contribution in [0.4, 0.5) is 5.13 Å². The summed E-state index contributed by atoms with van der Waals surface area (Å²) >= 11 is 2.50. The summed E-state index contributed by atoms with van der Waals surface area (Å²) in [6.45, 7) is 4.07. The Hall–Kier alpha value is -0.960. The number of nitrogens with zero attached hydrogens (tertiary/aromatic N) is 1. The molecule has 2 heterocycles. The van der Waals surface area contributed by atoms with Crippen LogP contribution in [-0.4, -0.2) is 13.4 Å². The van der Waals surface area contributed by atoms with Crippen molar-refractivity contribution in [3.63, 3.8) is 0 Å². The van der Waals surface area contributed by atoms with Gasteiger partial charge in [0.2, 0.25) is 0 Å². The first-order chi connectivity index (χ1) is 8.42. The monoisotopic (exact) mass is 303 g/mol. The summed E-state index contributed by atoms with van der Waals surface area (Å²) in [4.78, 5) is 5.82.